The van der Waals surface area contributed by atoms with Crippen molar-refractivity contribution in [3.8, 4) is 11.1 Å². The highest BCUT2D eigenvalue weighted by Crippen LogP contribution is 2.25. The van der Waals surface area contributed by atoms with E-state index in [2.05, 4.69) is 45.5 Å². The lowest BCUT2D eigenvalue weighted by Gasteiger charge is -2.05. The minimum absolute atomic E-state index is 1.02. The first-order valence-electron chi connectivity index (χ1n) is 6.46. The molecular formula is C17H11N3. The third-order valence-electron chi connectivity index (χ3n) is 3.47. The minimum Gasteiger partial charge on any atom is -0.256 e. The van der Waals surface area contributed by atoms with Gasteiger partial charge in [0.15, 0.2) is 0 Å². The molecule has 0 radical (unpaired) electrons. The minimum atomic E-state index is 1.02. The van der Waals surface area contributed by atoms with Crippen LogP contribution in [0.4, 0.5) is 0 Å². The van der Waals surface area contributed by atoms with Gasteiger partial charge in [0, 0.05) is 27.9 Å². The van der Waals surface area contributed by atoms with E-state index in [1.165, 1.54) is 0 Å². The average Bonchev–Trinajstić information content (AvgIpc) is 2.54. The van der Waals surface area contributed by atoms with Gasteiger partial charge in [-0.3, -0.25) is 4.98 Å². The molecule has 0 fully saturated rings. The van der Waals surface area contributed by atoms with E-state index in [4.69, 9.17) is 0 Å². The van der Waals surface area contributed by atoms with Gasteiger partial charge >= 0.3 is 0 Å². The third-order valence-corrected chi connectivity index (χ3v) is 3.47. The number of rotatable bonds is 1. The summed E-state index contributed by atoms with van der Waals surface area (Å²) in [6.45, 7) is 0. The van der Waals surface area contributed by atoms with Crippen molar-refractivity contribution in [2.24, 2.45) is 0 Å². The van der Waals surface area contributed by atoms with E-state index in [0.717, 1.165) is 32.8 Å². The molecule has 0 unspecified atom stereocenters. The maximum Gasteiger partial charge on any atom is 0.0702 e. The monoisotopic (exact) mass is 257 g/mol. The van der Waals surface area contributed by atoms with Gasteiger partial charge in [-0.1, -0.05) is 30.3 Å². The van der Waals surface area contributed by atoms with E-state index in [1.807, 2.05) is 24.4 Å². The van der Waals surface area contributed by atoms with Crippen molar-refractivity contribution in [3.63, 3.8) is 0 Å². The molecule has 2 aromatic carbocycles. The third kappa shape index (κ3) is 1.80. The van der Waals surface area contributed by atoms with Crippen LogP contribution < -0.4 is 0 Å². The van der Waals surface area contributed by atoms with E-state index in [9.17, 15) is 0 Å². The standard InChI is InChI=1S/C17H11N3/c1-2-4-17-13(3-1)8-15(9-18-17)12-5-6-14-10-19-20-11-16(14)7-12/h1-11H. The van der Waals surface area contributed by atoms with Crippen LogP contribution in [-0.4, -0.2) is 15.2 Å². The molecule has 0 N–H and O–H groups in total. The van der Waals surface area contributed by atoms with Crippen molar-refractivity contribution >= 4 is 21.7 Å². The summed E-state index contributed by atoms with van der Waals surface area (Å²) in [6, 6.07) is 16.6. The fourth-order valence-electron chi connectivity index (χ4n) is 2.40. The molecule has 0 aliphatic carbocycles. The Balaban J connectivity index is 1.91. The fourth-order valence-corrected chi connectivity index (χ4v) is 2.40. The Morgan fingerprint density at radius 3 is 2.35 bits per heavy atom. The van der Waals surface area contributed by atoms with Gasteiger partial charge in [-0.15, -0.1) is 0 Å². The average molecular weight is 257 g/mol. The van der Waals surface area contributed by atoms with Crippen molar-refractivity contribution in [1.82, 2.24) is 15.2 Å². The first-order chi connectivity index (χ1) is 9.90. The second kappa shape index (κ2) is 4.38. The highest BCUT2D eigenvalue weighted by atomic mass is 15.1. The Labute approximate surface area is 115 Å². The normalized spacial score (nSPS) is 11.0. The lowest BCUT2D eigenvalue weighted by atomic mass is 10.0. The van der Waals surface area contributed by atoms with Crippen molar-refractivity contribution in [1.29, 1.82) is 0 Å². The lowest BCUT2D eigenvalue weighted by molar-refractivity contribution is 1.05. The smallest absolute Gasteiger partial charge is 0.0702 e. The van der Waals surface area contributed by atoms with Crippen molar-refractivity contribution in [2.45, 2.75) is 0 Å². The van der Waals surface area contributed by atoms with Crippen molar-refractivity contribution in [3.05, 3.63) is 67.1 Å². The Morgan fingerprint density at radius 1 is 0.600 bits per heavy atom. The summed E-state index contributed by atoms with van der Waals surface area (Å²) >= 11 is 0. The van der Waals surface area contributed by atoms with E-state index in [0.29, 0.717) is 0 Å². The van der Waals surface area contributed by atoms with E-state index < -0.39 is 0 Å². The number of benzene rings is 2. The maximum atomic E-state index is 4.51. The largest absolute Gasteiger partial charge is 0.256 e. The van der Waals surface area contributed by atoms with Gasteiger partial charge in [0.05, 0.1) is 17.9 Å². The maximum absolute atomic E-state index is 4.51. The Morgan fingerprint density at radius 2 is 1.40 bits per heavy atom. The van der Waals surface area contributed by atoms with Gasteiger partial charge < -0.3 is 0 Å². The second-order valence-corrected chi connectivity index (χ2v) is 4.75. The summed E-state index contributed by atoms with van der Waals surface area (Å²) < 4.78 is 0. The first-order valence-corrected chi connectivity index (χ1v) is 6.46. The van der Waals surface area contributed by atoms with Crippen LogP contribution in [0.25, 0.3) is 32.8 Å². The second-order valence-electron chi connectivity index (χ2n) is 4.75. The molecule has 20 heavy (non-hydrogen) atoms. The van der Waals surface area contributed by atoms with Crippen LogP contribution in [0.1, 0.15) is 0 Å². The topological polar surface area (TPSA) is 38.7 Å². The molecule has 3 nitrogen and oxygen atoms in total. The summed E-state index contributed by atoms with van der Waals surface area (Å²) in [5.41, 5.74) is 3.27. The molecule has 0 saturated heterocycles. The molecule has 0 saturated carbocycles. The molecule has 0 spiro atoms. The molecule has 0 aliphatic heterocycles. The molecule has 0 aliphatic rings. The molecule has 0 amide bonds. The van der Waals surface area contributed by atoms with Gasteiger partial charge in [-0.25, -0.2) is 0 Å². The number of hydrogen-bond acceptors (Lipinski definition) is 3. The molecule has 0 atom stereocenters. The van der Waals surface area contributed by atoms with E-state index in [-0.39, 0.29) is 0 Å². The lowest BCUT2D eigenvalue weighted by Crippen LogP contribution is -1.85. The van der Waals surface area contributed by atoms with Gasteiger partial charge in [-0.2, -0.15) is 10.2 Å². The van der Waals surface area contributed by atoms with Crippen LogP contribution in [0.3, 0.4) is 0 Å². The zero-order chi connectivity index (χ0) is 13.4. The molecule has 94 valence electrons. The van der Waals surface area contributed by atoms with Crippen LogP contribution >= 0.6 is 0 Å². The molecule has 4 aromatic rings. The molecule has 4 rings (SSSR count). The van der Waals surface area contributed by atoms with Gasteiger partial charge in [0.1, 0.15) is 0 Å². The van der Waals surface area contributed by atoms with Crippen LogP contribution in [0.5, 0.6) is 0 Å². The van der Waals surface area contributed by atoms with Crippen LogP contribution in [0, 0.1) is 0 Å². The molecule has 3 heteroatoms. The van der Waals surface area contributed by atoms with Gasteiger partial charge in [-0.05, 0) is 23.8 Å². The number of fused-ring (bicyclic) bond motifs is 2. The Hall–Kier alpha value is -2.81. The SMILES string of the molecule is c1ccc2ncc(-c3ccc4cnncc4c3)cc2c1. The molecule has 0 bridgehead atoms. The first kappa shape index (κ1) is 11.1. The summed E-state index contributed by atoms with van der Waals surface area (Å²) in [6.07, 6.45) is 5.48. The number of para-hydroxylation sites is 1. The number of hydrogen-bond donors (Lipinski definition) is 0. The predicted molar refractivity (Wildman–Crippen MR) is 80.3 cm³/mol. The van der Waals surface area contributed by atoms with Gasteiger partial charge in [0.25, 0.3) is 0 Å². The Kier molecular flexibility index (Phi) is 2.42. The van der Waals surface area contributed by atoms with Crippen LogP contribution in [0.2, 0.25) is 0 Å². The Bertz CT molecular complexity index is 838. The number of aromatic nitrogens is 3. The highest BCUT2D eigenvalue weighted by Gasteiger charge is 2.02. The highest BCUT2D eigenvalue weighted by molar-refractivity contribution is 5.88. The zero-order valence-corrected chi connectivity index (χ0v) is 10.7. The van der Waals surface area contributed by atoms with Crippen molar-refractivity contribution < 1.29 is 0 Å². The molecule has 2 heterocycles. The summed E-state index contributed by atoms with van der Waals surface area (Å²) in [4.78, 5) is 4.51. The number of pyridine rings is 1. The molecular weight excluding hydrogens is 246 g/mol. The van der Waals surface area contributed by atoms with E-state index >= 15 is 0 Å². The summed E-state index contributed by atoms with van der Waals surface area (Å²) in [5.74, 6) is 0. The summed E-state index contributed by atoms with van der Waals surface area (Å²) in [7, 11) is 0. The number of nitrogens with zero attached hydrogens (tertiary/aromatic N) is 3. The van der Waals surface area contributed by atoms with Crippen LogP contribution in [-0.2, 0) is 0 Å². The van der Waals surface area contributed by atoms with Crippen LogP contribution in [0.15, 0.2) is 67.1 Å². The quantitative estimate of drug-likeness (QED) is 0.520. The summed E-state index contributed by atoms with van der Waals surface area (Å²) in [5, 5.41) is 11.2. The molecule has 2 aromatic heterocycles. The van der Waals surface area contributed by atoms with E-state index in [1.54, 1.807) is 12.4 Å². The zero-order valence-electron chi connectivity index (χ0n) is 10.7. The fraction of sp³-hybridized carbons (Fsp3) is 0. The van der Waals surface area contributed by atoms with Crippen molar-refractivity contribution in [2.75, 3.05) is 0 Å². The predicted octanol–water partition coefficient (Wildman–Crippen LogP) is 3.85. The van der Waals surface area contributed by atoms with Gasteiger partial charge in [0.2, 0.25) is 0 Å².